The molecule has 2 rings (SSSR count). The fourth-order valence-corrected chi connectivity index (χ4v) is 3.46. The number of carbonyl (C=O) groups is 1. The van der Waals surface area contributed by atoms with Crippen molar-refractivity contribution in [2.24, 2.45) is 11.7 Å². The first-order chi connectivity index (χ1) is 13.4. The van der Waals surface area contributed by atoms with E-state index >= 15 is 0 Å². The van der Waals surface area contributed by atoms with Gasteiger partial charge in [0.2, 0.25) is 5.91 Å². The molecule has 4 nitrogen and oxygen atoms in total. The number of hydrogen-bond acceptors (Lipinski definition) is 2. The van der Waals surface area contributed by atoms with E-state index in [1.54, 1.807) is 6.07 Å². The summed E-state index contributed by atoms with van der Waals surface area (Å²) >= 11 is 5.88. The standard InChI is InChI=1S/C13H16ClFN.C7H14N2O.C2H6.K/c1-16-13(9-4-2-3-5-9)10-6-11(14)8-12(15)7-10;1-3-4-5-7(10)9-6(2)8;1-2;/h6-9,13H,2-5H2,1H3;2-5,8H2,1H3,(H,9,10);1-2H3;/q-1;;;+1. The number of nitrogens with zero attached hydrogens (tertiary/aromatic N) is 1. The summed E-state index contributed by atoms with van der Waals surface area (Å²) in [6.07, 6.45) is 7.36. The topological polar surface area (TPSA) is 69.2 Å². The van der Waals surface area contributed by atoms with Crippen LogP contribution in [0.4, 0.5) is 4.39 Å². The van der Waals surface area contributed by atoms with Crippen molar-refractivity contribution in [2.75, 3.05) is 7.05 Å². The summed E-state index contributed by atoms with van der Waals surface area (Å²) in [5, 5.41) is 7.28. The number of carbonyl (C=O) groups excluding carboxylic acids is 1. The summed E-state index contributed by atoms with van der Waals surface area (Å²) in [5.74, 6) is 0.465. The quantitative estimate of drug-likeness (QED) is 0.623. The van der Waals surface area contributed by atoms with Gasteiger partial charge in [0.15, 0.2) is 0 Å². The van der Waals surface area contributed by atoms with Gasteiger partial charge in [-0.3, -0.25) is 4.79 Å². The number of amides is 1. The monoisotopic (exact) mass is 451 g/mol. The van der Waals surface area contributed by atoms with Crippen molar-refractivity contribution in [1.82, 2.24) is 5.32 Å². The molecule has 1 aromatic rings. The Hall–Kier alpha value is 0.0464. The Morgan fingerprint density at radius 2 is 1.93 bits per heavy atom. The zero-order valence-electron chi connectivity index (χ0n) is 18.7. The number of halogens is 2. The summed E-state index contributed by atoms with van der Waals surface area (Å²) in [6, 6.07) is 4.84. The number of nitrogens with one attached hydrogen (secondary N) is 1. The van der Waals surface area contributed by atoms with Crippen molar-refractivity contribution < 1.29 is 60.6 Å². The summed E-state index contributed by atoms with van der Waals surface area (Å²) in [6.45, 7) is 9.38. The third-order valence-corrected chi connectivity index (χ3v) is 4.63. The molecule has 0 bridgehead atoms. The molecular formula is C22H36ClFKN3O. The molecule has 1 aliphatic carbocycles. The minimum Gasteiger partial charge on any atom is -0.658 e. The second-order valence-corrected chi connectivity index (χ2v) is 7.06. The van der Waals surface area contributed by atoms with Crippen molar-refractivity contribution in [1.29, 1.82) is 0 Å². The van der Waals surface area contributed by atoms with E-state index in [1.807, 2.05) is 33.9 Å². The van der Waals surface area contributed by atoms with E-state index in [1.165, 1.54) is 31.7 Å². The third kappa shape index (κ3) is 13.9. The van der Waals surface area contributed by atoms with E-state index < -0.39 is 0 Å². The largest absolute Gasteiger partial charge is 1.00 e. The first kappa shape index (κ1) is 31.2. The summed E-state index contributed by atoms with van der Waals surface area (Å²) in [7, 11) is 1.81. The zero-order chi connectivity index (χ0) is 21.5. The third-order valence-electron chi connectivity index (χ3n) is 4.41. The van der Waals surface area contributed by atoms with Crippen LogP contribution in [0.5, 0.6) is 0 Å². The Morgan fingerprint density at radius 3 is 2.38 bits per heavy atom. The second kappa shape index (κ2) is 18.8. The molecular weight excluding hydrogens is 416 g/mol. The van der Waals surface area contributed by atoms with E-state index in [9.17, 15) is 9.18 Å². The SMILES string of the molecule is C=C(N)NC(=O)CCCC.CC.C[N-]C(c1cc(F)cc(Cl)c1)C1CCCC1.[K+]. The molecule has 1 amide bonds. The van der Waals surface area contributed by atoms with E-state index in [4.69, 9.17) is 17.3 Å². The van der Waals surface area contributed by atoms with Crippen LogP contribution in [0.1, 0.15) is 77.3 Å². The number of benzene rings is 1. The van der Waals surface area contributed by atoms with Gasteiger partial charge in [0, 0.05) is 11.4 Å². The molecule has 1 aromatic carbocycles. The number of unbranched alkanes of at least 4 members (excludes halogenated alkanes) is 1. The Labute approximate surface area is 224 Å². The number of hydrogen-bond donors (Lipinski definition) is 2. The van der Waals surface area contributed by atoms with Crippen LogP contribution < -0.4 is 62.4 Å². The molecule has 0 aromatic heterocycles. The first-order valence-corrected chi connectivity index (χ1v) is 10.5. The van der Waals surface area contributed by atoms with Gasteiger partial charge in [-0.1, -0.05) is 82.5 Å². The van der Waals surface area contributed by atoms with Crippen molar-refractivity contribution >= 4 is 17.5 Å². The Bertz CT molecular complexity index is 575. The van der Waals surface area contributed by atoms with E-state index in [0.29, 0.717) is 17.4 Å². The van der Waals surface area contributed by atoms with Crippen LogP contribution in [0, 0.1) is 11.7 Å². The van der Waals surface area contributed by atoms with Crippen molar-refractivity contribution in [3.63, 3.8) is 0 Å². The Kier molecular flexibility index (Phi) is 20.2. The maximum absolute atomic E-state index is 13.3. The zero-order valence-corrected chi connectivity index (χ0v) is 22.6. The molecule has 1 unspecified atom stereocenters. The van der Waals surface area contributed by atoms with Gasteiger partial charge in [0.25, 0.3) is 0 Å². The van der Waals surface area contributed by atoms with Crippen LogP contribution in [0.2, 0.25) is 5.02 Å². The van der Waals surface area contributed by atoms with E-state index in [-0.39, 0.29) is 75.0 Å². The molecule has 1 fully saturated rings. The van der Waals surface area contributed by atoms with Gasteiger partial charge in [0.1, 0.15) is 5.82 Å². The molecule has 0 radical (unpaired) electrons. The summed E-state index contributed by atoms with van der Waals surface area (Å²) in [4.78, 5) is 10.8. The predicted molar refractivity (Wildman–Crippen MR) is 118 cm³/mol. The minimum absolute atomic E-state index is 0. The van der Waals surface area contributed by atoms with E-state index in [0.717, 1.165) is 18.4 Å². The first-order valence-electron chi connectivity index (χ1n) is 10.2. The molecule has 29 heavy (non-hydrogen) atoms. The molecule has 1 aliphatic rings. The van der Waals surface area contributed by atoms with Gasteiger partial charge in [-0.2, -0.15) is 7.05 Å². The smallest absolute Gasteiger partial charge is 0.658 e. The van der Waals surface area contributed by atoms with Gasteiger partial charge in [-0.15, -0.1) is 6.04 Å². The fraction of sp³-hybridized carbons (Fsp3) is 0.591. The van der Waals surface area contributed by atoms with Crippen LogP contribution >= 0.6 is 11.6 Å². The normalized spacial score (nSPS) is 13.7. The molecule has 0 aliphatic heterocycles. The van der Waals surface area contributed by atoms with Crippen molar-refractivity contribution in [2.45, 2.75) is 71.8 Å². The van der Waals surface area contributed by atoms with E-state index in [2.05, 4.69) is 17.2 Å². The van der Waals surface area contributed by atoms with Gasteiger partial charge >= 0.3 is 51.4 Å². The molecule has 0 heterocycles. The van der Waals surface area contributed by atoms with Gasteiger partial charge in [0.05, 0.1) is 5.82 Å². The Balaban J connectivity index is 0. The molecule has 3 N–H and O–H groups in total. The maximum Gasteiger partial charge on any atom is 1.00 e. The van der Waals surface area contributed by atoms with Crippen LogP contribution in [-0.4, -0.2) is 13.0 Å². The minimum atomic E-state index is -0.269. The van der Waals surface area contributed by atoms with Crippen LogP contribution in [0.15, 0.2) is 30.6 Å². The molecule has 1 atom stereocenters. The molecule has 0 saturated heterocycles. The second-order valence-electron chi connectivity index (χ2n) is 6.63. The molecule has 1 saturated carbocycles. The molecule has 160 valence electrons. The van der Waals surface area contributed by atoms with Crippen LogP contribution in [0.25, 0.3) is 5.32 Å². The number of rotatable bonds is 7. The molecule has 7 heteroatoms. The maximum atomic E-state index is 13.3. The van der Waals surface area contributed by atoms with Gasteiger partial charge < -0.3 is 16.4 Å². The average molecular weight is 452 g/mol. The van der Waals surface area contributed by atoms with Crippen LogP contribution in [-0.2, 0) is 4.79 Å². The van der Waals surface area contributed by atoms with Gasteiger partial charge in [-0.25, -0.2) is 4.39 Å². The molecule has 0 spiro atoms. The predicted octanol–water partition coefficient (Wildman–Crippen LogP) is 3.47. The van der Waals surface area contributed by atoms with Gasteiger partial charge in [-0.05, 0) is 24.6 Å². The average Bonchev–Trinajstić information content (AvgIpc) is 3.16. The fourth-order valence-electron chi connectivity index (χ4n) is 3.23. The van der Waals surface area contributed by atoms with Crippen LogP contribution in [0.3, 0.4) is 0 Å². The summed E-state index contributed by atoms with van der Waals surface area (Å²) in [5.41, 5.74) is 6.05. The Morgan fingerprint density at radius 1 is 1.34 bits per heavy atom. The van der Waals surface area contributed by atoms with Crippen molar-refractivity contribution in [3.05, 3.63) is 52.3 Å². The van der Waals surface area contributed by atoms with Crippen molar-refractivity contribution in [3.8, 4) is 0 Å². The number of nitrogens with two attached hydrogens (primary N) is 1. The summed E-state index contributed by atoms with van der Waals surface area (Å²) < 4.78 is 13.3.